The van der Waals surface area contributed by atoms with Crippen molar-refractivity contribution >= 4 is 30.4 Å². The van der Waals surface area contributed by atoms with Crippen molar-refractivity contribution in [2.24, 2.45) is 0 Å². The van der Waals surface area contributed by atoms with Crippen molar-refractivity contribution in [1.29, 1.82) is 0 Å². The van der Waals surface area contributed by atoms with Gasteiger partial charge in [-0.3, -0.25) is 18.3 Å². The fourth-order valence-corrected chi connectivity index (χ4v) is 7.77. The van der Waals surface area contributed by atoms with Gasteiger partial charge in [0.2, 0.25) is 0 Å². The molecule has 4 saturated heterocycles. The molecule has 25 N–H and O–H groups in total. The lowest BCUT2D eigenvalue weighted by Gasteiger charge is -2.39. The minimum Gasteiger partial charge on any atom is -0.388 e. The fraction of sp³-hybridized carbons (Fsp3) is 0.929. The number of aliphatic hydroxyl groups is 17. The molecule has 4 rings (SSSR count). The Kier molecular flexibility index (Phi) is 24.6. The van der Waals surface area contributed by atoms with Crippen molar-refractivity contribution in [2.75, 3.05) is 12.3 Å². The fourth-order valence-electron chi connectivity index (χ4n) is 5.61. The quantitative estimate of drug-likeness (QED) is 0.0904. The average Bonchev–Trinajstić information content (AvgIpc) is 3.18. The summed E-state index contributed by atoms with van der Waals surface area (Å²) in [5, 5.41) is 157. The third kappa shape index (κ3) is 19.3. The molecule has 0 radical (unpaired) electrons. The molecule has 4 aliphatic heterocycles. The predicted molar refractivity (Wildman–Crippen MR) is 203 cm³/mol. The zero-order chi connectivity index (χ0) is 51.1. The van der Waals surface area contributed by atoms with Crippen LogP contribution >= 0.6 is 30.4 Å². The maximum absolute atomic E-state index is 10.9. The van der Waals surface area contributed by atoms with Crippen molar-refractivity contribution < 1.29 is 163 Å². The minimum absolute atomic E-state index is 0.230. The van der Waals surface area contributed by atoms with Gasteiger partial charge >= 0.3 is 30.4 Å². The highest BCUT2D eigenvalue weighted by Crippen LogP contribution is 2.46. The van der Waals surface area contributed by atoms with Gasteiger partial charge in [0.05, 0.1) is 24.5 Å². The molecule has 0 aliphatic carbocycles. The maximum atomic E-state index is 10.9. The lowest BCUT2D eigenvalue weighted by molar-refractivity contribution is -0.291. The summed E-state index contributed by atoms with van der Waals surface area (Å²) in [6.07, 6.45) is -33.2. The molecule has 4 aliphatic rings. The first-order valence-corrected chi connectivity index (χ1v) is 25.2. The van der Waals surface area contributed by atoms with E-state index in [-0.39, 0.29) is 18.2 Å². The second-order valence-electron chi connectivity index (χ2n) is 14.7. The molecule has 388 valence electrons. The molecule has 0 aromatic carbocycles. The van der Waals surface area contributed by atoms with E-state index in [0.29, 0.717) is 0 Å². The summed E-state index contributed by atoms with van der Waals surface area (Å²) < 4.78 is 61.3. The largest absolute Gasteiger partial charge is 0.388 e. The molecular formula is C28H58O33P4. The van der Waals surface area contributed by atoms with E-state index >= 15 is 0 Å². The van der Waals surface area contributed by atoms with Gasteiger partial charge in [-0.05, 0) is 25.8 Å². The summed E-state index contributed by atoms with van der Waals surface area (Å²) in [4.78, 5) is 69.4. The van der Waals surface area contributed by atoms with Gasteiger partial charge in [-0.15, -0.1) is 0 Å². The van der Waals surface area contributed by atoms with Gasteiger partial charge in [0.15, 0.2) is 31.0 Å². The summed E-state index contributed by atoms with van der Waals surface area (Å²) in [5.41, 5.74) is 0. The molecule has 13 unspecified atom stereocenters. The Morgan fingerprint density at radius 1 is 0.446 bits per heavy atom. The summed E-state index contributed by atoms with van der Waals surface area (Å²) in [6.45, 7) is 1.13. The Bertz CT molecular complexity index is 1610. The summed E-state index contributed by atoms with van der Waals surface area (Å²) in [6, 6.07) is 0. The lowest BCUT2D eigenvalue weighted by atomic mass is 9.97. The molecule has 0 saturated carbocycles. The van der Waals surface area contributed by atoms with E-state index in [1.165, 1.54) is 0 Å². The topological polar surface area (TPSA) is 611 Å². The molecule has 0 aromatic heterocycles. The highest BCUT2D eigenvalue weighted by molar-refractivity contribution is 7.56. The van der Waals surface area contributed by atoms with Crippen LogP contribution in [0.25, 0.3) is 0 Å². The van der Waals surface area contributed by atoms with Crippen molar-refractivity contribution in [3.63, 3.8) is 0 Å². The summed E-state index contributed by atoms with van der Waals surface area (Å²) in [5.74, 6) is -2.40. The molecule has 37 heteroatoms. The molecule has 4 heterocycles. The van der Waals surface area contributed by atoms with Crippen LogP contribution in [0.5, 0.6) is 0 Å². The first kappa shape index (κ1) is 62.5. The van der Waals surface area contributed by atoms with Gasteiger partial charge in [-0.2, -0.15) is 0 Å². The zero-order valence-corrected chi connectivity index (χ0v) is 36.8. The second-order valence-corrected chi connectivity index (χ2v) is 21.8. The Labute approximate surface area is 365 Å². The van der Waals surface area contributed by atoms with Crippen LogP contribution in [0.15, 0.2) is 11.4 Å². The van der Waals surface area contributed by atoms with Crippen LogP contribution in [0, 0.1) is 0 Å². The van der Waals surface area contributed by atoms with Crippen LogP contribution in [0.3, 0.4) is 0 Å². The Hall–Kier alpha value is -0.500. The molecular weight excluding hydrogens is 988 g/mol. The van der Waals surface area contributed by atoms with E-state index in [0.717, 1.165) is 13.0 Å². The van der Waals surface area contributed by atoms with Crippen LogP contribution < -0.4 is 0 Å². The Morgan fingerprint density at radius 3 is 1.08 bits per heavy atom. The van der Waals surface area contributed by atoms with Gasteiger partial charge in [-0.1, -0.05) is 0 Å². The Balaban J connectivity index is 0.000000433. The van der Waals surface area contributed by atoms with Crippen LogP contribution in [-0.4, -0.2) is 267 Å². The third-order valence-corrected chi connectivity index (χ3v) is 13.3. The van der Waals surface area contributed by atoms with E-state index < -0.39 is 171 Å². The molecule has 33 nitrogen and oxygen atoms in total. The zero-order valence-electron chi connectivity index (χ0n) is 33.3. The highest BCUT2D eigenvalue weighted by atomic mass is 31.2. The number of allylic oxidation sites excluding steroid dienone is 1. The van der Waals surface area contributed by atoms with Crippen LogP contribution in [0.4, 0.5) is 0 Å². The van der Waals surface area contributed by atoms with E-state index in [9.17, 15) is 64.2 Å². The molecule has 4 fully saturated rings. The van der Waals surface area contributed by atoms with Crippen LogP contribution in [0.1, 0.15) is 19.8 Å². The minimum atomic E-state index is -4.97. The average molecular weight is 1050 g/mol. The summed E-state index contributed by atoms with van der Waals surface area (Å²) in [7, 11) is -17.9. The van der Waals surface area contributed by atoms with Crippen LogP contribution in [0.2, 0.25) is 0 Å². The normalized spacial score (nSPS) is 41.4. The van der Waals surface area contributed by atoms with Crippen molar-refractivity contribution in [3.05, 3.63) is 11.4 Å². The molecule has 65 heavy (non-hydrogen) atoms. The SMILES string of the molecule is C/C(=C/C1OC(O)C(O)[C@H](O)[C@@H]1O)P(=O)(O)O.O=P(O)(O)C(O)C1OC(O)C(O)[C@H](O)[C@@H]1O.O=P(O)(O)CCC1OC(O)C(O)[C@H](O)[C@@H]1O.O=P(O)(O)CCC1OC(O)C(O)[C@H](O)[C@@H]1O. The van der Waals surface area contributed by atoms with E-state index in [1.807, 2.05) is 0 Å². The lowest BCUT2D eigenvalue weighted by Crippen LogP contribution is -2.60. The third-order valence-electron chi connectivity index (χ3n) is 9.54. The van der Waals surface area contributed by atoms with E-state index in [4.69, 9.17) is 94.2 Å². The van der Waals surface area contributed by atoms with Gasteiger partial charge in [0.25, 0.3) is 0 Å². The van der Waals surface area contributed by atoms with Crippen molar-refractivity contribution in [1.82, 2.24) is 0 Å². The molecule has 0 aromatic rings. The maximum Gasteiger partial charge on any atom is 0.356 e. The van der Waals surface area contributed by atoms with Crippen molar-refractivity contribution in [3.8, 4) is 0 Å². The van der Waals surface area contributed by atoms with E-state index in [1.54, 1.807) is 0 Å². The standard InChI is InChI=1S/C8H15O8P.2C7H15O8P.C6H13O9P/c1-3(17(13,14)15)2-4-5(9)6(10)7(11)8(12)16-4;2*8-4-3(1-2-16(12,13)14)15-7(11)6(10)5(4)9;7-1-2(8)4(6(11)16(12,13)14)15-5(10)3(1)9/h2,4-12H,1H3,(H2,13,14,15);2*3-11H,1-2H2,(H2,12,13,14);1-11H,(H2,12,13,14)/b3-2-;;;/t4?,5-,6-,7?,8?;2*3?,4-,5-,6?,7?;1-,2+,3?,4?,5?,6?/m1111/s1. The number of rotatable bonds is 10. The molecule has 21 atom stereocenters. The predicted octanol–water partition coefficient (Wildman–Crippen LogP) is -11.1. The Morgan fingerprint density at radius 2 is 0.754 bits per heavy atom. The van der Waals surface area contributed by atoms with Crippen LogP contribution in [-0.2, 0) is 37.2 Å². The second kappa shape index (κ2) is 25.6. The van der Waals surface area contributed by atoms with E-state index in [2.05, 4.69) is 4.74 Å². The smallest absolute Gasteiger partial charge is 0.356 e. The monoisotopic (exact) mass is 1050 g/mol. The molecule has 0 bridgehead atoms. The number of aliphatic hydroxyl groups excluding tert-OH is 17. The van der Waals surface area contributed by atoms with Gasteiger partial charge < -0.3 is 145 Å². The summed E-state index contributed by atoms with van der Waals surface area (Å²) >= 11 is 0. The first-order chi connectivity index (χ1) is 29.2. The number of ether oxygens (including phenoxy) is 4. The first-order valence-electron chi connectivity index (χ1n) is 18.3. The number of hydrogen-bond acceptors (Lipinski definition) is 25. The molecule has 0 spiro atoms. The van der Waals surface area contributed by atoms with Gasteiger partial charge in [-0.25, -0.2) is 0 Å². The van der Waals surface area contributed by atoms with Crippen molar-refractivity contribution in [2.45, 2.75) is 148 Å². The highest BCUT2D eigenvalue weighted by Gasteiger charge is 2.50. The molecule has 0 amide bonds. The van der Waals surface area contributed by atoms with Gasteiger partial charge in [0, 0.05) is 5.31 Å². The van der Waals surface area contributed by atoms with Gasteiger partial charge in [0.1, 0.15) is 85.5 Å². The number of hydrogen-bond donors (Lipinski definition) is 25.